The summed E-state index contributed by atoms with van der Waals surface area (Å²) in [5.41, 5.74) is 1.11. The average Bonchev–Trinajstić information content (AvgIpc) is 2.61. The van der Waals surface area contributed by atoms with E-state index >= 15 is 0 Å². The molecule has 1 unspecified atom stereocenters. The van der Waals surface area contributed by atoms with Crippen molar-refractivity contribution in [2.24, 2.45) is 5.92 Å². The molecule has 0 radical (unpaired) electrons. The number of ether oxygens (including phenoxy) is 1. The van der Waals surface area contributed by atoms with Gasteiger partial charge in [-0.1, -0.05) is 18.2 Å². The monoisotopic (exact) mass is 353 g/mol. The highest BCUT2D eigenvalue weighted by atomic mass is 19.4. The van der Waals surface area contributed by atoms with E-state index in [-0.39, 0.29) is 6.04 Å². The van der Waals surface area contributed by atoms with Gasteiger partial charge in [-0.15, -0.1) is 0 Å². The minimum absolute atomic E-state index is 0.168. The predicted octanol–water partition coefficient (Wildman–Crippen LogP) is 4.15. The van der Waals surface area contributed by atoms with Gasteiger partial charge in [0.05, 0.1) is 29.3 Å². The van der Waals surface area contributed by atoms with Crippen LogP contribution in [0.15, 0.2) is 42.3 Å². The summed E-state index contributed by atoms with van der Waals surface area (Å²) >= 11 is 0. The van der Waals surface area contributed by atoms with Crippen LogP contribution in [0.1, 0.15) is 19.3 Å². The zero-order valence-corrected chi connectivity index (χ0v) is 13.9. The van der Waals surface area contributed by atoms with E-state index in [0.717, 1.165) is 50.1 Å². The predicted molar refractivity (Wildman–Crippen MR) is 91.6 cm³/mol. The highest BCUT2D eigenvalue weighted by Gasteiger charge is 2.32. The van der Waals surface area contributed by atoms with Gasteiger partial charge < -0.3 is 15.4 Å². The number of allylic oxidation sites excluding steroid dienone is 2. The zero-order valence-electron chi connectivity index (χ0n) is 13.9. The number of hydrogen-bond donors (Lipinski definition) is 2. The van der Waals surface area contributed by atoms with Crippen molar-refractivity contribution in [3.8, 4) is 0 Å². The molecule has 1 fully saturated rings. The fourth-order valence-electron chi connectivity index (χ4n) is 2.98. The first-order valence-corrected chi connectivity index (χ1v) is 8.49. The normalized spacial score (nSPS) is 21.7. The molecule has 0 bridgehead atoms. The molecule has 3 rings (SSSR count). The summed E-state index contributed by atoms with van der Waals surface area (Å²) in [6.45, 7) is 2.50. The Labute approximate surface area is 145 Å². The van der Waals surface area contributed by atoms with Gasteiger partial charge in [0, 0.05) is 25.8 Å². The van der Waals surface area contributed by atoms with Crippen molar-refractivity contribution in [1.82, 2.24) is 4.98 Å². The molecule has 1 aromatic rings. The molecule has 1 aromatic heterocycles. The smallest absolute Gasteiger partial charge is 0.383 e. The fraction of sp³-hybridized carbons (Fsp3) is 0.500. The highest BCUT2D eigenvalue weighted by molar-refractivity contribution is 5.55. The maximum absolute atomic E-state index is 12.6. The molecular weight excluding hydrogens is 331 g/mol. The first-order valence-electron chi connectivity index (χ1n) is 8.49. The van der Waals surface area contributed by atoms with Crippen molar-refractivity contribution in [2.45, 2.75) is 31.5 Å². The lowest BCUT2D eigenvalue weighted by molar-refractivity contribution is -0.0886. The standard InChI is InChI=1S/C18H22F3N3O/c19-18(20,21)14-1-3-15(4-2-14)24-17-9-16(11-22-12-17)23-10-13-5-7-25-8-6-13/h1-3,9,11-13,15,23-24H,4-8,10H2. The number of nitrogens with one attached hydrogen (secondary N) is 2. The summed E-state index contributed by atoms with van der Waals surface area (Å²) < 4.78 is 43.2. The van der Waals surface area contributed by atoms with Gasteiger partial charge >= 0.3 is 6.18 Å². The lowest BCUT2D eigenvalue weighted by Gasteiger charge is -2.23. The molecule has 1 saturated heterocycles. The number of halogens is 3. The molecular formula is C18H22F3N3O. The molecule has 0 spiro atoms. The Morgan fingerprint density at radius 1 is 1.16 bits per heavy atom. The summed E-state index contributed by atoms with van der Waals surface area (Å²) in [6, 6.07) is 1.77. The van der Waals surface area contributed by atoms with Gasteiger partial charge in [0.25, 0.3) is 0 Å². The molecule has 1 aliphatic carbocycles. The van der Waals surface area contributed by atoms with Crippen LogP contribution in [0.3, 0.4) is 0 Å². The van der Waals surface area contributed by atoms with E-state index in [1.165, 1.54) is 6.08 Å². The molecule has 0 saturated carbocycles. The first-order chi connectivity index (χ1) is 12.0. The van der Waals surface area contributed by atoms with Crippen LogP contribution in [0, 0.1) is 5.92 Å². The average molecular weight is 353 g/mol. The van der Waals surface area contributed by atoms with Gasteiger partial charge in [0.15, 0.2) is 0 Å². The Morgan fingerprint density at radius 3 is 2.60 bits per heavy atom. The fourth-order valence-corrected chi connectivity index (χ4v) is 2.98. The van der Waals surface area contributed by atoms with Gasteiger partial charge in [-0.3, -0.25) is 4.98 Å². The summed E-state index contributed by atoms with van der Waals surface area (Å²) in [7, 11) is 0. The van der Waals surface area contributed by atoms with Crippen LogP contribution in [-0.2, 0) is 4.74 Å². The van der Waals surface area contributed by atoms with Gasteiger partial charge in [0.1, 0.15) is 0 Å². The molecule has 1 atom stereocenters. The molecule has 2 heterocycles. The second-order valence-electron chi connectivity index (χ2n) is 6.40. The van der Waals surface area contributed by atoms with Crippen molar-refractivity contribution >= 4 is 11.4 Å². The van der Waals surface area contributed by atoms with Crippen molar-refractivity contribution in [1.29, 1.82) is 0 Å². The number of alkyl halides is 3. The first kappa shape index (κ1) is 17.8. The maximum atomic E-state index is 12.6. The van der Waals surface area contributed by atoms with Crippen LogP contribution in [0.2, 0.25) is 0 Å². The van der Waals surface area contributed by atoms with Crippen molar-refractivity contribution in [2.75, 3.05) is 30.4 Å². The number of aromatic nitrogens is 1. The Bertz CT molecular complexity index is 637. The Kier molecular flexibility index (Phi) is 5.63. The SMILES string of the molecule is FC(F)(F)C1=CCC(Nc2cncc(NCC3CCOCC3)c2)C=C1. The lowest BCUT2D eigenvalue weighted by Crippen LogP contribution is -2.23. The molecule has 2 N–H and O–H groups in total. The second kappa shape index (κ2) is 7.91. The van der Waals surface area contributed by atoms with Gasteiger partial charge in [-0.25, -0.2) is 0 Å². The minimum Gasteiger partial charge on any atom is -0.383 e. The highest BCUT2D eigenvalue weighted by Crippen LogP contribution is 2.30. The van der Waals surface area contributed by atoms with Crippen molar-refractivity contribution in [3.05, 3.63) is 42.3 Å². The molecule has 25 heavy (non-hydrogen) atoms. The van der Waals surface area contributed by atoms with E-state index in [0.29, 0.717) is 12.3 Å². The molecule has 0 amide bonds. The Hall–Kier alpha value is -2.02. The van der Waals surface area contributed by atoms with Gasteiger partial charge in [-0.2, -0.15) is 13.2 Å². The third-order valence-electron chi connectivity index (χ3n) is 4.45. The van der Waals surface area contributed by atoms with Crippen LogP contribution in [0.4, 0.5) is 24.5 Å². The summed E-state index contributed by atoms with van der Waals surface area (Å²) in [5.74, 6) is 0.595. The number of hydrogen-bond acceptors (Lipinski definition) is 4. The van der Waals surface area contributed by atoms with Crippen LogP contribution in [0.25, 0.3) is 0 Å². The number of pyridine rings is 1. The van der Waals surface area contributed by atoms with E-state index in [1.54, 1.807) is 18.5 Å². The molecule has 4 nitrogen and oxygen atoms in total. The van der Waals surface area contributed by atoms with Crippen molar-refractivity contribution < 1.29 is 17.9 Å². The lowest BCUT2D eigenvalue weighted by atomic mass is 10.0. The van der Waals surface area contributed by atoms with E-state index < -0.39 is 11.7 Å². The van der Waals surface area contributed by atoms with Gasteiger partial charge in [-0.05, 0) is 31.2 Å². The topological polar surface area (TPSA) is 46.2 Å². The molecule has 7 heteroatoms. The number of anilines is 2. The van der Waals surface area contributed by atoms with E-state index in [2.05, 4.69) is 15.6 Å². The maximum Gasteiger partial charge on any atom is 0.416 e. The number of nitrogens with zero attached hydrogens (tertiary/aromatic N) is 1. The Balaban J connectivity index is 1.52. The van der Waals surface area contributed by atoms with E-state index in [4.69, 9.17) is 4.74 Å². The third-order valence-corrected chi connectivity index (χ3v) is 4.45. The quantitative estimate of drug-likeness (QED) is 0.835. The van der Waals surface area contributed by atoms with Gasteiger partial charge in [0.2, 0.25) is 0 Å². The largest absolute Gasteiger partial charge is 0.416 e. The van der Waals surface area contributed by atoms with E-state index in [1.807, 2.05) is 6.07 Å². The molecule has 1 aliphatic heterocycles. The summed E-state index contributed by atoms with van der Waals surface area (Å²) in [6.07, 6.45) is 5.45. The minimum atomic E-state index is -4.28. The summed E-state index contributed by atoms with van der Waals surface area (Å²) in [4.78, 5) is 4.20. The second-order valence-corrected chi connectivity index (χ2v) is 6.40. The van der Waals surface area contributed by atoms with Crippen LogP contribution in [-0.4, -0.2) is 37.0 Å². The van der Waals surface area contributed by atoms with Crippen LogP contribution < -0.4 is 10.6 Å². The third kappa shape index (κ3) is 5.22. The molecule has 0 aromatic carbocycles. The van der Waals surface area contributed by atoms with E-state index in [9.17, 15) is 13.2 Å². The molecule has 136 valence electrons. The van der Waals surface area contributed by atoms with Crippen molar-refractivity contribution in [3.63, 3.8) is 0 Å². The molecule has 2 aliphatic rings. The number of rotatable bonds is 5. The summed E-state index contributed by atoms with van der Waals surface area (Å²) in [5, 5.41) is 6.59. The Morgan fingerprint density at radius 2 is 1.92 bits per heavy atom. The van der Waals surface area contributed by atoms with Crippen LogP contribution >= 0.6 is 0 Å². The van der Waals surface area contributed by atoms with Crippen LogP contribution in [0.5, 0.6) is 0 Å². The zero-order chi connectivity index (χ0) is 17.7.